The number of amides is 1. The molecule has 0 atom stereocenters. The third kappa shape index (κ3) is 1.95. The molecule has 0 spiro atoms. The largest absolute Gasteiger partial charge is 0.369 e. The molecule has 1 aliphatic rings. The zero-order valence-electron chi connectivity index (χ0n) is 14.7. The number of hydrogen-bond acceptors (Lipinski definition) is 3. The highest BCUT2D eigenvalue weighted by Crippen LogP contribution is 2.47. The summed E-state index contributed by atoms with van der Waals surface area (Å²) in [6.45, 7) is 2.10. The van der Waals surface area contributed by atoms with Gasteiger partial charge >= 0.3 is 0 Å². The minimum absolute atomic E-state index is 0.277. The highest BCUT2D eigenvalue weighted by molar-refractivity contribution is 5.93. The van der Waals surface area contributed by atoms with Crippen LogP contribution in [-0.4, -0.2) is 25.4 Å². The van der Waals surface area contributed by atoms with Gasteiger partial charge in [0.2, 0.25) is 5.91 Å². The Hall–Kier alpha value is -3.15. The minimum atomic E-state index is -0.561. The number of carbonyl (C=O) groups excluding carboxylic acids is 1. The van der Waals surface area contributed by atoms with Crippen LogP contribution in [-0.2, 0) is 17.3 Å². The van der Waals surface area contributed by atoms with Gasteiger partial charge in [0, 0.05) is 23.7 Å². The fourth-order valence-electron chi connectivity index (χ4n) is 3.87. The van der Waals surface area contributed by atoms with Crippen molar-refractivity contribution in [3.63, 3.8) is 0 Å². The van der Waals surface area contributed by atoms with Crippen LogP contribution in [0.3, 0.4) is 0 Å². The molecule has 3 heterocycles. The van der Waals surface area contributed by atoms with E-state index in [-0.39, 0.29) is 5.91 Å². The number of aromatic nitrogens is 4. The lowest BCUT2D eigenvalue weighted by Gasteiger charge is -2.10. The molecule has 0 aliphatic heterocycles. The number of aromatic amines is 1. The number of H-pyrrole nitrogens is 1. The van der Waals surface area contributed by atoms with Gasteiger partial charge < -0.3 is 15.3 Å². The summed E-state index contributed by atoms with van der Waals surface area (Å²) < 4.78 is 2.14. The second kappa shape index (κ2) is 4.94. The summed E-state index contributed by atoms with van der Waals surface area (Å²) in [5, 5.41) is 1.07. The number of benzene rings is 1. The maximum absolute atomic E-state index is 11.8. The third-order valence-electron chi connectivity index (χ3n) is 5.68. The van der Waals surface area contributed by atoms with Crippen LogP contribution >= 0.6 is 0 Å². The summed E-state index contributed by atoms with van der Waals surface area (Å²) in [6.07, 6.45) is 5.13. The molecule has 26 heavy (non-hydrogen) atoms. The number of primary amides is 1. The fourth-order valence-corrected chi connectivity index (χ4v) is 3.87. The molecule has 1 saturated carbocycles. The predicted molar refractivity (Wildman–Crippen MR) is 101 cm³/mol. The van der Waals surface area contributed by atoms with Gasteiger partial charge in [-0.05, 0) is 49.6 Å². The minimum Gasteiger partial charge on any atom is -0.369 e. The van der Waals surface area contributed by atoms with Crippen molar-refractivity contribution in [3.05, 3.63) is 48.0 Å². The smallest absolute Gasteiger partial charge is 0.229 e. The Morgan fingerprint density at radius 1 is 1.23 bits per heavy atom. The summed E-state index contributed by atoms with van der Waals surface area (Å²) in [4.78, 5) is 23.9. The average molecular weight is 345 g/mol. The van der Waals surface area contributed by atoms with Crippen LogP contribution < -0.4 is 5.73 Å². The highest BCUT2D eigenvalue weighted by Gasteiger charge is 2.51. The van der Waals surface area contributed by atoms with E-state index < -0.39 is 5.41 Å². The molecule has 130 valence electrons. The Morgan fingerprint density at radius 3 is 2.77 bits per heavy atom. The van der Waals surface area contributed by atoms with E-state index in [9.17, 15) is 4.79 Å². The standard InChI is InChI=1S/C20H19N5O/c1-11-5-14-15(24-10-23-14)8-13(11)16-6-12-7-18(20(3-4-20)19(21)26)22-9-17(12)25(16)2/h5-10H,3-4H2,1-2H3,(H2,21,26)(H,23,24). The normalized spacial score (nSPS) is 15.6. The fraction of sp³-hybridized carbons (Fsp3) is 0.250. The first-order valence-corrected chi connectivity index (χ1v) is 8.69. The Bertz CT molecular complexity index is 1200. The molecule has 1 aliphatic carbocycles. The van der Waals surface area contributed by atoms with E-state index in [0.717, 1.165) is 51.7 Å². The third-order valence-corrected chi connectivity index (χ3v) is 5.68. The monoisotopic (exact) mass is 345 g/mol. The van der Waals surface area contributed by atoms with E-state index in [0.29, 0.717) is 0 Å². The summed E-state index contributed by atoms with van der Waals surface area (Å²) in [6, 6.07) is 8.39. The topological polar surface area (TPSA) is 89.6 Å². The number of fused-ring (bicyclic) bond motifs is 2. The van der Waals surface area contributed by atoms with Gasteiger partial charge in [0.15, 0.2) is 0 Å². The summed E-state index contributed by atoms with van der Waals surface area (Å²) in [7, 11) is 2.04. The number of hydrogen-bond donors (Lipinski definition) is 2. The Kier molecular flexibility index (Phi) is 2.88. The lowest BCUT2D eigenvalue weighted by molar-refractivity contribution is -0.120. The van der Waals surface area contributed by atoms with E-state index in [2.05, 4.69) is 44.6 Å². The van der Waals surface area contributed by atoms with Crippen LogP contribution in [0.5, 0.6) is 0 Å². The van der Waals surface area contributed by atoms with E-state index in [1.807, 2.05) is 19.3 Å². The SMILES string of the molecule is Cc1cc2[nH]cnc2cc1-c1cc2cc(C3(C(N)=O)CC3)ncc2n1C. The van der Waals surface area contributed by atoms with Crippen molar-refractivity contribution >= 4 is 27.8 Å². The van der Waals surface area contributed by atoms with E-state index in [4.69, 9.17) is 5.73 Å². The van der Waals surface area contributed by atoms with Crippen molar-refractivity contribution in [3.8, 4) is 11.3 Å². The number of rotatable bonds is 3. The van der Waals surface area contributed by atoms with Crippen LogP contribution in [0.1, 0.15) is 24.1 Å². The van der Waals surface area contributed by atoms with Gasteiger partial charge in [-0.15, -0.1) is 0 Å². The quantitative estimate of drug-likeness (QED) is 0.598. The molecule has 1 fully saturated rings. The average Bonchev–Trinajstić information content (AvgIpc) is 3.22. The van der Waals surface area contributed by atoms with Crippen LogP contribution in [0.4, 0.5) is 0 Å². The first-order chi connectivity index (χ1) is 12.5. The predicted octanol–water partition coefficient (Wildman–Crippen LogP) is 2.94. The zero-order chi connectivity index (χ0) is 18.1. The molecule has 3 N–H and O–H groups in total. The molecule has 1 aromatic carbocycles. The maximum atomic E-state index is 11.8. The van der Waals surface area contributed by atoms with Gasteiger partial charge in [-0.2, -0.15) is 0 Å². The summed E-state index contributed by atoms with van der Waals surface area (Å²) in [5.41, 5.74) is 12.3. The number of aryl methyl sites for hydroxylation is 2. The van der Waals surface area contributed by atoms with Gasteiger partial charge in [-0.3, -0.25) is 9.78 Å². The van der Waals surface area contributed by atoms with Crippen molar-refractivity contribution in [1.82, 2.24) is 19.5 Å². The van der Waals surface area contributed by atoms with Gasteiger partial charge in [0.25, 0.3) is 0 Å². The molecule has 0 unspecified atom stereocenters. The number of nitrogens with two attached hydrogens (primary N) is 1. The van der Waals surface area contributed by atoms with E-state index in [1.54, 1.807) is 6.33 Å². The van der Waals surface area contributed by atoms with Gasteiger partial charge in [0.1, 0.15) is 0 Å². The molecular weight excluding hydrogens is 326 g/mol. The van der Waals surface area contributed by atoms with Crippen molar-refractivity contribution in [2.45, 2.75) is 25.2 Å². The Morgan fingerprint density at radius 2 is 2.04 bits per heavy atom. The summed E-state index contributed by atoms with van der Waals surface area (Å²) in [5.74, 6) is -0.277. The number of nitrogens with one attached hydrogen (secondary N) is 1. The molecule has 3 aromatic heterocycles. The van der Waals surface area contributed by atoms with Crippen molar-refractivity contribution in [2.75, 3.05) is 0 Å². The van der Waals surface area contributed by atoms with Gasteiger partial charge in [-0.1, -0.05) is 0 Å². The Labute approximate surface area is 150 Å². The highest BCUT2D eigenvalue weighted by atomic mass is 16.1. The van der Waals surface area contributed by atoms with Crippen LogP contribution in [0.25, 0.3) is 33.2 Å². The molecule has 4 aromatic rings. The zero-order valence-corrected chi connectivity index (χ0v) is 14.7. The Balaban J connectivity index is 1.70. The molecule has 1 amide bonds. The summed E-state index contributed by atoms with van der Waals surface area (Å²) >= 11 is 0. The number of carbonyl (C=O) groups is 1. The van der Waals surface area contributed by atoms with Crippen molar-refractivity contribution < 1.29 is 4.79 Å². The molecule has 5 rings (SSSR count). The van der Waals surface area contributed by atoms with Gasteiger partial charge in [0.05, 0.1) is 40.2 Å². The first kappa shape index (κ1) is 15.1. The van der Waals surface area contributed by atoms with Gasteiger partial charge in [-0.25, -0.2) is 4.98 Å². The lowest BCUT2D eigenvalue weighted by Crippen LogP contribution is -2.29. The van der Waals surface area contributed by atoms with Crippen LogP contribution in [0, 0.1) is 6.92 Å². The van der Waals surface area contributed by atoms with Crippen LogP contribution in [0.2, 0.25) is 0 Å². The lowest BCUT2D eigenvalue weighted by atomic mass is 10.00. The molecule has 0 saturated heterocycles. The molecule has 6 heteroatoms. The molecular formula is C20H19N5O. The van der Waals surface area contributed by atoms with Crippen molar-refractivity contribution in [2.24, 2.45) is 12.8 Å². The number of nitrogens with zero attached hydrogens (tertiary/aromatic N) is 3. The molecule has 0 bridgehead atoms. The molecule has 0 radical (unpaired) electrons. The second-order valence-electron chi connectivity index (χ2n) is 7.25. The second-order valence-corrected chi connectivity index (χ2v) is 7.25. The first-order valence-electron chi connectivity index (χ1n) is 8.69. The maximum Gasteiger partial charge on any atom is 0.229 e. The van der Waals surface area contributed by atoms with Crippen LogP contribution in [0.15, 0.2) is 36.8 Å². The van der Waals surface area contributed by atoms with Crippen molar-refractivity contribution in [1.29, 1.82) is 0 Å². The van der Waals surface area contributed by atoms with E-state index in [1.165, 1.54) is 5.56 Å². The number of imidazole rings is 1. The molecule has 6 nitrogen and oxygen atoms in total. The number of pyridine rings is 1. The van der Waals surface area contributed by atoms with E-state index >= 15 is 0 Å².